The van der Waals surface area contributed by atoms with Crippen molar-refractivity contribution in [2.75, 3.05) is 6.54 Å². The molecular weight excluding hydrogens is 442 g/mol. The summed E-state index contributed by atoms with van der Waals surface area (Å²) >= 11 is 5.66. The molecule has 1 unspecified atom stereocenters. The molecule has 5 N–H and O–H groups in total. The molecule has 0 radical (unpaired) electrons. The number of phenolic OH excluding ortho intramolecular Hbond substituents is 1. The fraction of sp³-hybridized carbons (Fsp3) is 0.200. The first-order chi connectivity index (χ1) is 14.4. The summed E-state index contributed by atoms with van der Waals surface area (Å²) in [6.45, 7) is -1.45. The number of nitrogens with two attached hydrogens (primary N) is 1. The van der Waals surface area contributed by atoms with Crippen molar-refractivity contribution < 1.29 is 32.6 Å². The van der Waals surface area contributed by atoms with Crippen LogP contribution in [0.25, 0.3) is 0 Å². The number of alkyl halides is 3. The number of carbonyl (C=O) groups excluding carboxylic acids is 1. The third kappa shape index (κ3) is 6.69. The first-order valence-corrected chi connectivity index (χ1v) is 9.09. The highest BCUT2D eigenvalue weighted by atomic mass is 35.5. The van der Waals surface area contributed by atoms with Crippen LogP contribution in [0, 0.1) is 11.2 Å². The molecule has 166 valence electrons. The first-order valence-electron chi connectivity index (χ1n) is 8.71. The van der Waals surface area contributed by atoms with Crippen LogP contribution in [0.3, 0.4) is 0 Å². The predicted octanol–water partition coefficient (Wildman–Crippen LogP) is 3.35. The number of nitrogens with one attached hydrogen (secondary N) is 1. The molecule has 11 heteroatoms. The number of aromatic hydroxyl groups is 1. The van der Waals surface area contributed by atoms with Crippen LogP contribution in [-0.2, 0) is 11.3 Å². The number of carbonyl (C=O) groups is 1. The molecule has 31 heavy (non-hydrogen) atoms. The maximum absolute atomic E-state index is 13.3. The predicted molar refractivity (Wildman–Crippen MR) is 106 cm³/mol. The molecule has 2 aromatic carbocycles. The largest absolute Gasteiger partial charge is 0.508 e. The number of benzene rings is 2. The van der Waals surface area contributed by atoms with Crippen LogP contribution in [0.15, 0.2) is 54.2 Å². The maximum atomic E-state index is 13.3. The van der Waals surface area contributed by atoms with Crippen molar-refractivity contribution in [3.8, 4) is 5.75 Å². The van der Waals surface area contributed by atoms with Crippen molar-refractivity contribution in [3.05, 3.63) is 76.2 Å². The van der Waals surface area contributed by atoms with Gasteiger partial charge in [-0.25, -0.2) is 4.39 Å². The Hall–Kier alpha value is -3.11. The fourth-order valence-electron chi connectivity index (χ4n) is 2.50. The van der Waals surface area contributed by atoms with Gasteiger partial charge in [-0.1, -0.05) is 23.7 Å². The van der Waals surface area contributed by atoms with Crippen LogP contribution < -0.4 is 5.73 Å². The van der Waals surface area contributed by atoms with Crippen LogP contribution in [-0.4, -0.2) is 45.6 Å². The zero-order valence-electron chi connectivity index (χ0n) is 15.8. The number of hydrogen-bond donors (Lipinski definition) is 4. The molecule has 1 atom stereocenters. The molecule has 1 amide bonds. The molecule has 0 saturated carbocycles. The fourth-order valence-corrected chi connectivity index (χ4v) is 2.68. The number of aliphatic hydroxyl groups excluding tert-OH is 1. The van der Waals surface area contributed by atoms with E-state index in [1.54, 1.807) is 0 Å². The maximum Gasteiger partial charge on any atom is 0.416 e. The number of aliphatic hydroxyl groups is 1. The second kappa shape index (κ2) is 9.80. The molecule has 0 heterocycles. The van der Waals surface area contributed by atoms with Crippen LogP contribution in [0.2, 0.25) is 5.02 Å². The van der Waals surface area contributed by atoms with Gasteiger partial charge in [-0.05, 0) is 42.0 Å². The summed E-state index contributed by atoms with van der Waals surface area (Å²) in [5.74, 6) is -1.86. The number of halogens is 5. The van der Waals surface area contributed by atoms with E-state index in [1.165, 1.54) is 30.3 Å². The Bertz CT molecular complexity index is 994. The molecule has 0 aromatic heterocycles. The van der Waals surface area contributed by atoms with E-state index in [2.05, 4.69) is 0 Å². The Morgan fingerprint density at radius 2 is 1.84 bits per heavy atom. The number of hydrogen-bond acceptors (Lipinski definition) is 5. The average molecular weight is 460 g/mol. The summed E-state index contributed by atoms with van der Waals surface area (Å²) in [4.78, 5) is 13.4. The van der Waals surface area contributed by atoms with Crippen molar-refractivity contribution >= 4 is 23.2 Å². The van der Waals surface area contributed by atoms with Crippen LogP contribution in [0.5, 0.6) is 5.75 Å². The van der Waals surface area contributed by atoms with Gasteiger partial charge < -0.3 is 26.3 Å². The van der Waals surface area contributed by atoms with E-state index in [0.29, 0.717) is 10.5 Å². The lowest BCUT2D eigenvalue weighted by Crippen LogP contribution is -2.44. The quantitative estimate of drug-likeness (QED) is 0.289. The standard InChI is InChI=1S/C20H18ClF4N3O3/c21-14-7-12(3-6-15(14)22)16(26)8-17(27)19(31)28(10-18(30)20(23,24)25)9-11-1-4-13(29)5-2-11/h1-8,18,26,29-30H,9-10,27H2/b17-8-,26-16?. The van der Waals surface area contributed by atoms with Crippen molar-refractivity contribution in [1.82, 2.24) is 4.90 Å². The van der Waals surface area contributed by atoms with Gasteiger partial charge in [0.1, 0.15) is 11.6 Å². The van der Waals surface area contributed by atoms with Gasteiger partial charge in [0.15, 0.2) is 6.10 Å². The van der Waals surface area contributed by atoms with Gasteiger partial charge in [0.2, 0.25) is 0 Å². The van der Waals surface area contributed by atoms with E-state index < -0.39 is 36.2 Å². The van der Waals surface area contributed by atoms with E-state index in [-0.39, 0.29) is 28.6 Å². The molecule has 2 aromatic rings. The van der Waals surface area contributed by atoms with Crippen molar-refractivity contribution in [3.63, 3.8) is 0 Å². The van der Waals surface area contributed by atoms with Gasteiger partial charge in [0.25, 0.3) is 5.91 Å². The smallest absolute Gasteiger partial charge is 0.416 e. The Labute approximate surface area is 179 Å². The topological polar surface area (TPSA) is 111 Å². The van der Waals surface area contributed by atoms with E-state index in [9.17, 15) is 32.6 Å². The summed E-state index contributed by atoms with van der Waals surface area (Å²) in [5.41, 5.74) is 5.31. The lowest BCUT2D eigenvalue weighted by atomic mass is 10.1. The number of rotatable bonds is 7. The molecule has 2 rings (SSSR count). The van der Waals surface area contributed by atoms with E-state index in [4.69, 9.17) is 22.7 Å². The zero-order chi connectivity index (χ0) is 23.3. The highest BCUT2D eigenvalue weighted by molar-refractivity contribution is 6.31. The van der Waals surface area contributed by atoms with Crippen molar-refractivity contribution in [2.24, 2.45) is 5.73 Å². The van der Waals surface area contributed by atoms with Gasteiger partial charge in [0.05, 0.1) is 23.0 Å². The third-order valence-electron chi connectivity index (χ3n) is 4.15. The Morgan fingerprint density at radius 1 is 1.23 bits per heavy atom. The number of amides is 1. The van der Waals surface area contributed by atoms with Crippen LogP contribution >= 0.6 is 11.6 Å². The van der Waals surface area contributed by atoms with Crippen molar-refractivity contribution in [2.45, 2.75) is 18.8 Å². The minimum atomic E-state index is -4.97. The molecule has 0 fully saturated rings. The third-order valence-corrected chi connectivity index (χ3v) is 4.44. The zero-order valence-corrected chi connectivity index (χ0v) is 16.6. The Kier molecular flexibility index (Phi) is 7.64. The highest BCUT2D eigenvalue weighted by Crippen LogP contribution is 2.22. The molecule has 6 nitrogen and oxygen atoms in total. The molecule has 0 aliphatic rings. The summed E-state index contributed by atoms with van der Waals surface area (Å²) in [6.07, 6.45) is -6.89. The molecular formula is C20H18ClF4N3O3. The highest BCUT2D eigenvalue weighted by Gasteiger charge is 2.40. The molecule has 0 spiro atoms. The summed E-state index contributed by atoms with van der Waals surface area (Å²) in [6, 6.07) is 8.70. The Morgan fingerprint density at radius 3 is 2.39 bits per heavy atom. The minimum absolute atomic E-state index is 0.0808. The molecule has 0 saturated heterocycles. The summed E-state index contributed by atoms with van der Waals surface area (Å²) < 4.78 is 51.7. The average Bonchev–Trinajstić information content (AvgIpc) is 2.69. The lowest BCUT2D eigenvalue weighted by molar-refractivity contribution is -0.208. The second-order valence-electron chi connectivity index (χ2n) is 6.55. The van der Waals surface area contributed by atoms with Gasteiger partial charge in [-0.15, -0.1) is 0 Å². The SMILES string of the molecule is N=C(/C=C(\N)C(=O)N(Cc1ccc(O)cc1)CC(O)C(F)(F)F)c1ccc(F)c(Cl)c1. The molecule has 0 aliphatic heterocycles. The monoisotopic (exact) mass is 459 g/mol. The first kappa shape index (κ1) is 24.2. The van der Waals surface area contributed by atoms with Crippen LogP contribution in [0.4, 0.5) is 17.6 Å². The second-order valence-corrected chi connectivity index (χ2v) is 6.96. The van der Waals surface area contributed by atoms with Crippen molar-refractivity contribution in [1.29, 1.82) is 5.41 Å². The van der Waals surface area contributed by atoms with Gasteiger partial charge >= 0.3 is 6.18 Å². The number of nitrogens with zero attached hydrogens (tertiary/aromatic N) is 1. The summed E-state index contributed by atoms with van der Waals surface area (Å²) in [7, 11) is 0. The summed E-state index contributed by atoms with van der Waals surface area (Å²) in [5, 5.41) is 26.5. The van der Waals surface area contributed by atoms with E-state index in [0.717, 1.165) is 18.2 Å². The molecule has 0 aliphatic carbocycles. The van der Waals surface area contributed by atoms with E-state index >= 15 is 0 Å². The normalized spacial score (nSPS) is 13.0. The van der Waals surface area contributed by atoms with Gasteiger partial charge in [-0.3, -0.25) is 4.79 Å². The minimum Gasteiger partial charge on any atom is -0.508 e. The van der Waals surface area contributed by atoms with Gasteiger partial charge in [0, 0.05) is 12.1 Å². The Balaban J connectivity index is 2.28. The lowest BCUT2D eigenvalue weighted by Gasteiger charge is -2.26. The van der Waals surface area contributed by atoms with E-state index in [1.807, 2.05) is 0 Å². The number of phenols is 1. The molecule has 0 bridgehead atoms. The number of allylic oxidation sites excluding steroid dienone is 1. The van der Waals surface area contributed by atoms with Crippen LogP contribution in [0.1, 0.15) is 11.1 Å². The van der Waals surface area contributed by atoms with Gasteiger partial charge in [-0.2, -0.15) is 13.2 Å².